The van der Waals surface area contributed by atoms with Crippen LogP contribution in [-0.2, 0) is 19.4 Å². The van der Waals surface area contributed by atoms with Crippen LogP contribution in [0, 0.1) is 6.92 Å². The number of carbonyl (C=O) groups excluding carboxylic acids is 1. The Balaban J connectivity index is 1.26. The van der Waals surface area contributed by atoms with Gasteiger partial charge in [0.25, 0.3) is 11.5 Å². The van der Waals surface area contributed by atoms with Gasteiger partial charge in [-0.15, -0.1) is 11.3 Å². The minimum Gasteiger partial charge on any atom is -0.327 e. The van der Waals surface area contributed by atoms with Gasteiger partial charge in [-0.05, 0) is 50.3 Å². The van der Waals surface area contributed by atoms with E-state index < -0.39 is 0 Å². The first-order valence-corrected chi connectivity index (χ1v) is 11.6. The predicted molar refractivity (Wildman–Crippen MR) is 118 cm³/mol. The highest BCUT2D eigenvalue weighted by molar-refractivity contribution is 7.18. The minimum atomic E-state index is 0.0157. The summed E-state index contributed by atoms with van der Waals surface area (Å²) in [6.45, 7) is 5.89. The maximum atomic E-state index is 12.7. The van der Waals surface area contributed by atoms with E-state index in [0.717, 1.165) is 72.6 Å². The number of amides is 1. The second kappa shape index (κ2) is 7.96. The van der Waals surface area contributed by atoms with Gasteiger partial charge in [-0.2, -0.15) is 0 Å². The van der Waals surface area contributed by atoms with Crippen LogP contribution in [-0.4, -0.2) is 47.0 Å². The molecule has 2 aromatic heterocycles. The van der Waals surface area contributed by atoms with Crippen molar-refractivity contribution in [2.75, 3.05) is 26.2 Å². The fourth-order valence-electron chi connectivity index (χ4n) is 4.61. The van der Waals surface area contributed by atoms with Gasteiger partial charge in [0.1, 0.15) is 11.4 Å². The van der Waals surface area contributed by atoms with Gasteiger partial charge >= 0.3 is 0 Å². The number of aryl methyl sites for hydroxylation is 3. The van der Waals surface area contributed by atoms with E-state index in [2.05, 4.69) is 4.98 Å². The van der Waals surface area contributed by atoms with Crippen molar-refractivity contribution < 1.29 is 9.69 Å². The van der Waals surface area contributed by atoms with Crippen molar-refractivity contribution in [1.29, 1.82) is 0 Å². The first-order chi connectivity index (χ1) is 14.6. The van der Waals surface area contributed by atoms with Gasteiger partial charge in [-0.3, -0.25) is 9.59 Å². The number of aromatic nitrogens is 2. The molecule has 5 rings (SSSR count). The lowest BCUT2D eigenvalue weighted by Gasteiger charge is -2.32. The number of carbonyl (C=O) groups is 1. The summed E-state index contributed by atoms with van der Waals surface area (Å²) < 4.78 is 0. The molecule has 2 N–H and O–H groups in total. The Kier molecular flexibility index (Phi) is 5.16. The third-order valence-corrected chi connectivity index (χ3v) is 7.53. The van der Waals surface area contributed by atoms with Crippen LogP contribution >= 0.6 is 11.3 Å². The van der Waals surface area contributed by atoms with Crippen molar-refractivity contribution in [3.8, 4) is 0 Å². The molecule has 1 amide bonds. The first-order valence-electron chi connectivity index (χ1n) is 10.8. The normalized spacial score (nSPS) is 17.3. The Hall–Kier alpha value is -2.51. The molecular weight excluding hydrogens is 396 g/mol. The molecular formula is C23H27N4O2S+. The van der Waals surface area contributed by atoms with E-state index >= 15 is 0 Å². The van der Waals surface area contributed by atoms with E-state index in [1.165, 1.54) is 21.8 Å². The lowest BCUT2D eigenvalue weighted by atomic mass is 9.97. The summed E-state index contributed by atoms with van der Waals surface area (Å²) in [5.41, 5.74) is 3.16. The third-order valence-electron chi connectivity index (χ3n) is 6.35. The zero-order chi connectivity index (χ0) is 20.7. The van der Waals surface area contributed by atoms with Gasteiger partial charge in [0.15, 0.2) is 5.82 Å². The number of piperazine rings is 1. The molecule has 6 nitrogen and oxygen atoms in total. The molecule has 0 radical (unpaired) electrons. The number of nitrogens with one attached hydrogen (secondary N) is 2. The number of hydrogen-bond donors (Lipinski definition) is 2. The number of quaternary nitrogens is 1. The number of nitrogens with zero attached hydrogens (tertiary/aromatic N) is 2. The summed E-state index contributed by atoms with van der Waals surface area (Å²) >= 11 is 1.70. The molecule has 1 aliphatic heterocycles. The lowest BCUT2D eigenvalue weighted by Crippen LogP contribution is -3.13. The molecule has 1 aliphatic carbocycles. The van der Waals surface area contributed by atoms with Crippen LogP contribution in [0.2, 0.25) is 0 Å². The van der Waals surface area contributed by atoms with Crippen LogP contribution in [0.3, 0.4) is 0 Å². The second-order valence-corrected chi connectivity index (χ2v) is 9.57. The summed E-state index contributed by atoms with van der Waals surface area (Å²) in [7, 11) is 0. The highest BCUT2D eigenvalue weighted by Crippen LogP contribution is 2.33. The number of rotatable bonds is 3. The molecule has 156 valence electrons. The van der Waals surface area contributed by atoms with Crippen molar-refractivity contribution >= 4 is 27.5 Å². The summed E-state index contributed by atoms with van der Waals surface area (Å²) in [5.74, 6) is 0.866. The lowest BCUT2D eigenvalue weighted by molar-refractivity contribution is -0.918. The Bertz CT molecular complexity index is 1140. The highest BCUT2D eigenvalue weighted by atomic mass is 32.1. The standard InChI is InChI=1S/C23H26N4O2S/c1-15-6-8-16(9-7-15)23(29)27-12-10-26(11-13-27)14-19-24-21(28)20-17-4-2-3-5-18(17)30-22(20)25-19/h6-9H,2-5,10-14H2,1H3,(H,24,25,28)/p+1. The van der Waals surface area contributed by atoms with E-state index in [1.807, 2.05) is 36.1 Å². The van der Waals surface area contributed by atoms with Crippen LogP contribution < -0.4 is 10.5 Å². The van der Waals surface area contributed by atoms with Crippen LogP contribution in [0.4, 0.5) is 0 Å². The van der Waals surface area contributed by atoms with Crippen molar-refractivity contribution in [1.82, 2.24) is 14.9 Å². The molecule has 0 saturated carbocycles. The molecule has 7 heteroatoms. The maximum absolute atomic E-state index is 12.7. The fraction of sp³-hybridized carbons (Fsp3) is 0.435. The second-order valence-electron chi connectivity index (χ2n) is 8.49. The molecule has 0 atom stereocenters. The molecule has 0 unspecified atom stereocenters. The van der Waals surface area contributed by atoms with Gasteiger partial charge in [0, 0.05) is 10.4 Å². The molecule has 3 heterocycles. The number of benzene rings is 1. The van der Waals surface area contributed by atoms with Gasteiger partial charge in [0.2, 0.25) is 0 Å². The van der Waals surface area contributed by atoms with Crippen LogP contribution in [0.15, 0.2) is 29.1 Å². The van der Waals surface area contributed by atoms with E-state index in [-0.39, 0.29) is 11.5 Å². The molecule has 0 spiro atoms. The summed E-state index contributed by atoms with van der Waals surface area (Å²) in [6, 6.07) is 7.77. The zero-order valence-corrected chi connectivity index (χ0v) is 18.1. The Morgan fingerprint density at radius 3 is 2.67 bits per heavy atom. The van der Waals surface area contributed by atoms with Crippen LogP contribution in [0.1, 0.15) is 45.0 Å². The van der Waals surface area contributed by atoms with E-state index in [0.29, 0.717) is 6.54 Å². The Labute approximate surface area is 179 Å². The maximum Gasteiger partial charge on any atom is 0.260 e. The largest absolute Gasteiger partial charge is 0.327 e. The molecule has 1 aromatic carbocycles. The number of aromatic amines is 1. The van der Waals surface area contributed by atoms with Crippen molar-refractivity contribution in [2.24, 2.45) is 0 Å². The number of fused-ring (bicyclic) bond motifs is 3. The van der Waals surface area contributed by atoms with Crippen LogP contribution in [0.25, 0.3) is 10.2 Å². The van der Waals surface area contributed by atoms with E-state index in [4.69, 9.17) is 4.98 Å². The summed E-state index contributed by atoms with van der Waals surface area (Å²) in [6.07, 6.45) is 4.45. The topological polar surface area (TPSA) is 70.5 Å². The SMILES string of the molecule is Cc1ccc(C(=O)N2CC[NH+](Cc3nc4sc5c(c4c(=O)[nH]3)CCCC5)CC2)cc1. The van der Waals surface area contributed by atoms with Gasteiger partial charge < -0.3 is 14.8 Å². The fourth-order valence-corrected chi connectivity index (χ4v) is 5.89. The first kappa shape index (κ1) is 19.5. The minimum absolute atomic E-state index is 0.0157. The number of hydrogen-bond acceptors (Lipinski definition) is 4. The summed E-state index contributed by atoms with van der Waals surface area (Å²) in [5, 5.41) is 0.821. The van der Waals surface area contributed by atoms with Gasteiger partial charge in [-0.25, -0.2) is 4.98 Å². The molecule has 1 fully saturated rings. The molecule has 0 bridgehead atoms. The predicted octanol–water partition coefficient (Wildman–Crippen LogP) is 1.71. The molecule has 3 aromatic rings. The molecule has 2 aliphatic rings. The quantitative estimate of drug-likeness (QED) is 0.674. The van der Waals surface area contributed by atoms with Gasteiger partial charge in [0.05, 0.1) is 31.6 Å². The third kappa shape index (κ3) is 3.68. The average molecular weight is 424 g/mol. The van der Waals surface area contributed by atoms with Crippen molar-refractivity contribution in [3.63, 3.8) is 0 Å². The van der Waals surface area contributed by atoms with E-state index in [9.17, 15) is 9.59 Å². The smallest absolute Gasteiger partial charge is 0.260 e. The van der Waals surface area contributed by atoms with E-state index in [1.54, 1.807) is 11.3 Å². The number of thiophene rings is 1. The Morgan fingerprint density at radius 2 is 1.90 bits per heavy atom. The monoisotopic (exact) mass is 423 g/mol. The van der Waals surface area contributed by atoms with Gasteiger partial charge in [-0.1, -0.05) is 17.7 Å². The Morgan fingerprint density at radius 1 is 1.17 bits per heavy atom. The zero-order valence-electron chi connectivity index (χ0n) is 17.3. The average Bonchev–Trinajstić information content (AvgIpc) is 3.13. The highest BCUT2D eigenvalue weighted by Gasteiger charge is 2.26. The van der Waals surface area contributed by atoms with Crippen molar-refractivity contribution in [3.05, 3.63) is 62.0 Å². The molecule has 30 heavy (non-hydrogen) atoms. The molecule has 1 saturated heterocycles. The summed E-state index contributed by atoms with van der Waals surface area (Å²) in [4.78, 5) is 38.8. The number of H-pyrrole nitrogens is 1. The van der Waals surface area contributed by atoms with Crippen LogP contribution in [0.5, 0.6) is 0 Å². The van der Waals surface area contributed by atoms with Crippen molar-refractivity contribution in [2.45, 2.75) is 39.2 Å².